The number of benzene rings is 1. The van der Waals surface area contributed by atoms with Gasteiger partial charge in [0.25, 0.3) is 11.5 Å². The topological polar surface area (TPSA) is 76.6 Å². The molecule has 37 heavy (non-hydrogen) atoms. The van der Waals surface area contributed by atoms with Crippen molar-refractivity contribution >= 4 is 5.91 Å². The zero-order valence-corrected chi connectivity index (χ0v) is 22.6. The third kappa shape index (κ3) is 3.94. The third-order valence-corrected chi connectivity index (χ3v) is 10.6. The number of nitrogens with zero attached hydrogens (tertiary/aromatic N) is 2. The Balaban J connectivity index is 1.29. The van der Waals surface area contributed by atoms with Crippen LogP contribution in [0.3, 0.4) is 0 Å². The number of nitrogens with one attached hydrogen (secondary N) is 1. The fraction of sp³-hybridized carbons (Fsp3) is 0.613. The van der Waals surface area contributed by atoms with Gasteiger partial charge in [-0.25, -0.2) is 0 Å². The maximum atomic E-state index is 13.2. The number of hydrogen-bond donors (Lipinski definition) is 2. The lowest BCUT2D eigenvalue weighted by atomic mass is 9.48. The number of amides is 1. The van der Waals surface area contributed by atoms with E-state index in [0.717, 1.165) is 43.8 Å². The summed E-state index contributed by atoms with van der Waals surface area (Å²) in [6.07, 6.45) is 10.6. The number of aryl methyl sites for hydroxylation is 1. The molecule has 2 bridgehead atoms. The van der Waals surface area contributed by atoms with E-state index >= 15 is 0 Å². The minimum atomic E-state index is -0.314. The lowest BCUT2D eigenvalue weighted by molar-refractivity contribution is -0.0615. The van der Waals surface area contributed by atoms with Crippen molar-refractivity contribution in [1.29, 1.82) is 0 Å². The maximum absolute atomic E-state index is 13.2. The van der Waals surface area contributed by atoms with E-state index in [1.807, 2.05) is 20.0 Å². The predicted molar refractivity (Wildman–Crippen MR) is 145 cm³/mol. The maximum Gasteiger partial charge on any atom is 0.260 e. The molecule has 1 aromatic heterocycles. The van der Waals surface area contributed by atoms with E-state index in [0.29, 0.717) is 11.8 Å². The highest BCUT2D eigenvalue weighted by Crippen LogP contribution is 2.67. The zero-order chi connectivity index (χ0) is 25.9. The van der Waals surface area contributed by atoms with Crippen molar-refractivity contribution < 1.29 is 9.90 Å². The molecule has 2 saturated carbocycles. The number of pyridine rings is 1. The second-order valence-corrected chi connectivity index (χ2v) is 12.5. The number of H-pyrrole nitrogens is 1. The van der Waals surface area contributed by atoms with E-state index in [9.17, 15) is 14.7 Å². The molecule has 2 aromatic rings. The number of fused-ring (bicyclic) bond motifs is 1. The third-order valence-electron chi connectivity index (χ3n) is 10.6. The lowest BCUT2D eigenvalue weighted by Crippen LogP contribution is -2.65. The van der Waals surface area contributed by atoms with Gasteiger partial charge in [0.15, 0.2) is 0 Å². The average Bonchev–Trinajstić information content (AvgIpc) is 3.60. The molecule has 1 amide bonds. The Hall–Kier alpha value is -2.60. The quantitative estimate of drug-likeness (QED) is 0.570. The molecular weight excluding hydrogens is 462 g/mol. The summed E-state index contributed by atoms with van der Waals surface area (Å²) in [6, 6.07) is 10.1. The molecule has 3 fully saturated rings. The van der Waals surface area contributed by atoms with Crippen LogP contribution in [-0.2, 0) is 11.8 Å². The summed E-state index contributed by atoms with van der Waals surface area (Å²) in [4.78, 5) is 33.0. The molecule has 6 nitrogen and oxygen atoms in total. The van der Waals surface area contributed by atoms with E-state index in [1.165, 1.54) is 49.8 Å². The van der Waals surface area contributed by atoms with Crippen molar-refractivity contribution in [2.75, 3.05) is 20.1 Å². The van der Waals surface area contributed by atoms with Crippen molar-refractivity contribution in [2.24, 2.45) is 11.3 Å². The first-order valence-electron chi connectivity index (χ1n) is 14.3. The highest BCUT2D eigenvalue weighted by molar-refractivity contribution is 5.93. The number of carbonyl (C=O) groups excluding carboxylic acids is 1. The summed E-state index contributed by atoms with van der Waals surface area (Å²) < 4.78 is 0. The van der Waals surface area contributed by atoms with Crippen LogP contribution in [0.5, 0.6) is 5.75 Å². The summed E-state index contributed by atoms with van der Waals surface area (Å²) in [6.45, 7) is 6.32. The Morgan fingerprint density at radius 1 is 1.22 bits per heavy atom. The second kappa shape index (κ2) is 9.00. The number of phenolic OH excluding ortho intramolecular Hbond substituents is 1. The first-order valence-corrected chi connectivity index (χ1v) is 14.3. The van der Waals surface area contributed by atoms with Crippen molar-refractivity contribution in [3.05, 3.63) is 63.1 Å². The SMILES string of the molecule is Cc1ccc(C(=O)N(C)C(C)CCC23CCCC24CCN(CC2CC2)C3Cc2ccc(O)cc24)c(=O)[nH]1. The van der Waals surface area contributed by atoms with Crippen LogP contribution in [0.1, 0.15) is 85.5 Å². The van der Waals surface area contributed by atoms with Gasteiger partial charge in [-0.1, -0.05) is 12.5 Å². The van der Waals surface area contributed by atoms with Gasteiger partial charge >= 0.3 is 0 Å². The Bertz CT molecular complexity index is 1270. The van der Waals surface area contributed by atoms with E-state index < -0.39 is 0 Å². The summed E-state index contributed by atoms with van der Waals surface area (Å²) in [5.74, 6) is 1.04. The Labute approximate surface area is 220 Å². The van der Waals surface area contributed by atoms with Gasteiger partial charge in [-0.05, 0) is 118 Å². The van der Waals surface area contributed by atoms with E-state index in [4.69, 9.17) is 0 Å². The molecule has 6 heteroatoms. The van der Waals surface area contributed by atoms with Crippen LogP contribution < -0.4 is 5.56 Å². The number of rotatable bonds is 7. The van der Waals surface area contributed by atoms with Crippen LogP contribution in [0.25, 0.3) is 0 Å². The minimum absolute atomic E-state index is 0.0309. The summed E-state index contributed by atoms with van der Waals surface area (Å²) in [5, 5.41) is 10.5. The van der Waals surface area contributed by atoms with Crippen molar-refractivity contribution in [2.45, 2.75) is 89.1 Å². The van der Waals surface area contributed by atoms with Gasteiger partial charge in [-0.3, -0.25) is 14.5 Å². The number of carbonyl (C=O) groups is 1. The molecule has 1 saturated heterocycles. The van der Waals surface area contributed by atoms with Crippen molar-refractivity contribution in [1.82, 2.24) is 14.8 Å². The van der Waals surface area contributed by atoms with Gasteiger partial charge in [0.05, 0.1) is 0 Å². The molecule has 4 unspecified atom stereocenters. The number of aromatic nitrogens is 1. The van der Waals surface area contributed by atoms with Crippen LogP contribution in [0, 0.1) is 18.3 Å². The molecule has 2 N–H and O–H groups in total. The molecule has 0 spiro atoms. The average molecular weight is 504 g/mol. The monoisotopic (exact) mass is 503 g/mol. The number of likely N-dealkylation sites (tertiary alicyclic amines) is 1. The summed E-state index contributed by atoms with van der Waals surface area (Å²) in [7, 11) is 1.84. The fourth-order valence-electron chi connectivity index (χ4n) is 8.32. The van der Waals surface area contributed by atoms with E-state index in [-0.39, 0.29) is 33.9 Å². The van der Waals surface area contributed by atoms with Crippen LogP contribution in [-0.4, -0.2) is 58.0 Å². The normalized spacial score (nSPS) is 29.4. The number of aromatic hydroxyl groups is 1. The summed E-state index contributed by atoms with van der Waals surface area (Å²) >= 11 is 0. The van der Waals surface area contributed by atoms with Crippen molar-refractivity contribution in [3.8, 4) is 5.75 Å². The highest BCUT2D eigenvalue weighted by atomic mass is 16.3. The van der Waals surface area contributed by atoms with Gasteiger partial charge in [0.2, 0.25) is 0 Å². The smallest absolute Gasteiger partial charge is 0.260 e. The van der Waals surface area contributed by atoms with Crippen molar-refractivity contribution in [3.63, 3.8) is 0 Å². The molecule has 4 atom stereocenters. The first kappa shape index (κ1) is 24.7. The molecule has 198 valence electrons. The minimum Gasteiger partial charge on any atom is -0.508 e. The van der Waals surface area contributed by atoms with Gasteiger partial charge in [-0.15, -0.1) is 0 Å². The molecule has 1 aliphatic heterocycles. The van der Waals surface area contributed by atoms with E-state index in [2.05, 4.69) is 28.9 Å². The Kier molecular flexibility index (Phi) is 6.02. The summed E-state index contributed by atoms with van der Waals surface area (Å²) in [5.41, 5.74) is 3.77. The van der Waals surface area contributed by atoms with Crippen LogP contribution in [0.15, 0.2) is 35.1 Å². The highest BCUT2D eigenvalue weighted by Gasteiger charge is 2.64. The standard InChI is InChI=1S/C31H41N3O3/c1-20-5-10-25(28(36)32-20)29(37)33(3)21(2)11-14-31-13-4-12-30(31)15-16-34(19-22-6-7-22)27(31)17-23-8-9-24(35)18-26(23)30/h5,8-10,18,21-22,27,35H,4,6-7,11-17,19H2,1-3H3,(H,32,36). The number of hydrogen-bond acceptors (Lipinski definition) is 4. The fourth-order valence-corrected chi connectivity index (χ4v) is 8.32. The van der Waals surface area contributed by atoms with Crippen LogP contribution in [0.4, 0.5) is 0 Å². The van der Waals surface area contributed by atoms with Crippen LogP contribution >= 0.6 is 0 Å². The van der Waals surface area contributed by atoms with Crippen LogP contribution in [0.2, 0.25) is 0 Å². The second-order valence-electron chi connectivity index (χ2n) is 12.5. The zero-order valence-electron chi connectivity index (χ0n) is 22.6. The first-order chi connectivity index (χ1) is 17.7. The molecule has 0 radical (unpaired) electrons. The van der Waals surface area contributed by atoms with E-state index in [1.54, 1.807) is 17.0 Å². The number of aromatic amines is 1. The Morgan fingerprint density at radius 3 is 2.78 bits per heavy atom. The largest absolute Gasteiger partial charge is 0.508 e. The molecular formula is C31H41N3O3. The molecule has 3 aliphatic carbocycles. The number of piperidine rings is 1. The Morgan fingerprint density at radius 2 is 2.03 bits per heavy atom. The molecule has 1 aromatic carbocycles. The molecule has 4 aliphatic rings. The molecule has 6 rings (SSSR count). The number of phenols is 1. The van der Waals surface area contributed by atoms with Gasteiger partial charge < -0.3 is 15.0 Å². The van der Waals surface area contributed by atoms with Gasteiger partial charge in [-0.2, -0.15) is 0 Å². The molecule has 2 heterocycles. The predicted octanol–water partition coefficient (Wildman–Crippen LogP) is 4.78. The van der Waals surface area contributed by atoms with Gasteiger partial charge in [0, 0.05) is 36.8 Å². The van der Waals surface area contributed by atoms with Gasteiger partial charge in [0.1, 0.15) is 11.3 Å². The lowest BCUT2D eigenvalue weighted by Gasteiger charge is -2.62.